The number of anilines is 1. The summed E-state index contributed by atoms with van der Waals surface area (Å²) in [6.45, 7) is 3.07. The molecule has 3 heterocycles. The number of pyridine rings is 1. The Morgan fingerprint density at radius 2 is 2.07 bits per heavy atom. The molecule has 1 amide bonds. The third-order valence-corrected chi connectivity index (χ3v) is 4.74. The van der Waals surface area contributed by atoms with Crippen LogP contribution in [0.1, 0.15) is 41.1 Å². The molecule has 1 aliphatic heterocycles. The van der Waals surface area contributed by atoms with Gasteiger partial charge in [-0.25, -0.2) is 9.97 Å². The minimum Gasteiger partial charge on any atom is -0.341 e. The van der Waals surface area contributed by atoms with Crippen LogP contribution in [-0.2, 0) is 6.54 Å². The van der Waals surface area contributed by atoms with Crippen molar-refractivity contribution in [3.63, 3.8) is 0 Å². The van der Waals surface area contributed by atoms with Crippen LogP contribution in [0, 0.1) is 11.3 Å². The number of nitrogens with zero attached hydrogens (tertiary/aromatic N) is 4. The SMILES string of the molecule is N#Cc1ccc(C(=O)Nc2ccc3nc(CN4CCCCC4)[nH]c3c2)nc1. The highest BCUT2D eigenvalue weighted by atomic mass is 16.1. The molecule has 2 N–H and O–H groups in total. The van der Waals surface area contributed by atoms with E-state index >= 15 is 0 Å². The van der Waals surface area contributed by atoms with Gasteiger partial charge in [0.05, 0.1) is 23.1 Å². The van der Waals surface area contributed by atoms with E-state index < -0.39 is 0 Å². The van der Waals surface area contributed by atoms with Crippen molar-refractivity contribution in [2.45, 2.75) is 25.8 Å². The Balaban J connectivity index is 1.47. The maximum atomic E-state index is 12.3. The van der Waals surface area contributed by atoms with Gasteiger partial charge in [-0.3, -0.25) is 9.69 Å². The van der Waals surface area contributed by atoms with Crippen LogP contribution in [0.4, 0.5) is 5.69 Å². The number of piperidine rings is 1. The van der Waals surface area contributed by atoms with Gasteiger partial charge in [-0.2, -0.15) is 5.26 Å². The molecule has 0 radical (unpaired) electrons. The molecule has 0 unspecified atom stereocenters. The second-order valence-electron chi connectivity index (χ2n) is 6.75. The Labute approximate surface area is 157 Å². The van der Waals surface area contributed by atoms with E-state index in [4.69, 9.17) is 5.26 Å². The van der Waals surface area contributed by atoms with Crippen LogP contribution in [0.3, 0.4) is 0 Å². The van der Waals surface area contributed by atoms with Crippen molar-refractivity contribution >= 4 is 22.6 Å². The predicted octanol–water partition coefficient (Wildman–Crippen LogP) is 3.07. The fourth-order valence-electron chi connectivity index (χ4n) is 3.33. The zero-order chi connectivity index (χ0) is 18.6. The smallest absolute Gasteiger partial charge is 0.274 e. The summed E-state index contributed by atoms with van der Waals surface area (Å²) >= 11 is 0. The molecule has 7 nitrogen and oxygen atoms in total. The summed E-state index contributed by atoms with van der Waals surface area (Å²) in [5.41, 5.74) is 3.15. The minimum absolute atomic E-state index is 0.268. The topological polar surface area (TPSA) is 97.7 Å². The molecule has 1 fully saturated rings. The number of carbonyl (C=O) groups excluding carboxylic acids is 1. The van der Waals surface area contributed by atoms with Crippen LogP contribution < -0.4 is 5.32 Å². The standard InChI is InChI=1S/C20H20N6O/c21-11-14-4-6-17(22-12-14)20(27)23-15-5-7-16-18(10-15)25-19(24-16)13-26-8-2-1-3-9-26/h4-7,10,12H,1-3,8-9,13H2,(H,23,27)(H,24,25). The summed E-state index contributed by atoms with van der Waals surface area (Å²) < 4.78 is 0. The van der Waals surface area contributed by atoms with Crippen LogP contribution in [0.15, 0.2) is 36.5 Å². The molecule has 0 spiro atoms. The molecule has 0 bridgehead atoms. The number of fused-ring (bicyclic) bond motifs is 1. The molecule has 3 aromatic rings. The number of benzene rings is 1. The predicted molar refractivity (Wildman–Crippen MR) is 102 cm³/mol. The van der Waals surface area contributed by atoms with Gasteiger partial charge in [0.15, 0.2) is 0 Å². The number of likely N-dealkylation sites (tertiary alicyclic amines) is 1. The first-order valence-electron chi connectivity index (χ1n) is 9.10. The summed E-state index contributed by atoms with van der Waals surface area (Å²) in [5, 5.41) is 11.6. The molecule has 1 aromatic carbocycles. The molecule has 27 heavy (non-hydrogen) atoms. The van der Waals surface area contributed by atoms with E-state index in [2.05, 4.69) is 25.2 Å². The van der Waals surface area contributed by atoms with Crippen LogP contribution in [0.5, 0.6) is 0 Å². The van der Waals surface area contributed by atoms with E-state index in [0.29, 0.717) is 11.3 Å². The molecule has 0 aliphatic carbocycles. The molecule has 0 saturated carbocycles. The molecule has 4 rings (SSSR count). The molecule has 136 valence electrons. The molecular formula is C20H20N6O. The van der Waals surface area contributed by atoms with Crippen LogP contribution in [-0.4, -0.2) is 38.8 Å². The number of amides is 1. The van der Waals surface area contributed by atoms with Crippen molar-refractivity contribution in [1.29, 1.82) is 5.26 Å². The number of imidazole rings is 1. The van der Waals surface area contributed by atoms with E-state index in [1.165, 1.54) is 25.5 Å². The van der Waals surface area contributed by atoms with E-state index in [-0.39, 0.29) is 11.6 Å². The van der Waals surface area contributed by atoms with Crippen LogP contribution >= 0.6 is 0 Å². The van der Waals surface area contributed by atoms with Gasteiger partial charge in [-0.05, 0) is 56.3 Å². The second-order valence-corrected chi connectivity index (χ2v) is 6.75. The highest BCUT2D eigenvalue weighted by Crippen LogP contribution is 2.19. The quantitative estimate of drug-likeness (QED) is 0.745. The first-order valence-corrected chi connectivity index (χ1v) is 9.10. The molecule has 7 heteroatoms. The zero-order valence-electron chi connectivity index (χ0n) is 14.9. The maximum Gasteiger partial charge on any atom is 0.274 e. The van der Waals surface area contributed by atoms with Gasteiger partial charge in [-0.15, -0.1) is 0 Å². The normalized spacial score (nSPS) is 14.8. The number of hydrogen-bond acceptors (Lipinski definition) is 5. The van der Waals surface area contributed by atoms with Crippen molar-refractivity contribution in [1.82, 2.24) is 19.9 Å². The highest BCUT2D eigenvalue weighted by Gasteiger charge is 2.13. The summed E-state index contributed by atoms with van der Waals surface area (Å²) in [6.07, 6.45) is 5.20. The lowest BCUT2D eigenvalue weighted by atomic mass is 10.1. The Kier molecular flexibility index (Phi) is 4.81. The molecule has 1 saturated heterocycles. The number of hydrogen-bond donors (Lipinski definition) is 2. The first kappa shape index (κ1) is 17.2. The number of carbonyl (C=O) groups is 1. The third-order valence-electron chi connectivity index (χ3n) is 4.74. The van der Waals surface area contributed by atoms with Crippen LogP contribution in [0.2, 0.25) is 0 Å². The van der Waals surface area contributed by atoms with Gasteiger partial charge in [0.2, 0.25) is 0 Å². The number of aromatic nitrogens is 3. The Hall–Kier alpha value is -3.24. The fourth-order valence-corrected chi connectivity index (χ4v) is 3.33. The highest BCUT2D eigenvalue weighted by molar-refractivity contribution is 6.03. The Bertz CT molecular complexity index is 995. The van der Waals surface area contributed by atoms with E-state index in [1.807, 2.05) is 24.3 Å². The van der Waals surface area contributed by atoms with Gasteiger partial charge < -0.3 is 10.3 Å². The molecule has 1 aliphatic rings. The average Bonchev–Trinajstić information content (AvgIpc) is 3.10. The summed E-state index contributed by atoms with van der Waals surface area (Å²) in [6, 6.07) is 10.7. The minimum atomic E-state index is -0.313. The second kappa shape index (κ2) is 7.56. The van der Waals surface area contributed by atoms with Gasteiger partial charge in [-0.1, -0.05) is 6.42 Å². The Morgan fingerprint density at radius 3 is 2.81 bits per heavy atom. The third kappa shape index (κ3) is 3.96. The monoisotopic (exact) mass is 360 g/mol. The van der Waals surface area contributed by atoms with Gasteiger partial charge in [0, 0.05) is 11.9 Å². The summed E-state index contributed by atoms with van der Waals surface area (Å²) in [7, 11) is 0. The van der Waals surface area contributed by atoms with Gasteiger partial charge in [0.25, 0.3) is 5.91 Å². The van der Waals surface area contributed by atoms with Crippen molar-refractivity contribution in [2.24, 2.45) is 0 Å². The zero-order valence-corrected chi connectivity index (χ0v) is 14.9. The lowest BCUT2D eigenvalue weighted by Gasteiger charge is -2.25. The lowest BCUT2D eigenvalue weighted by Crippen LogP contribution is -2.29. The van der Waals surface area contributed by atoms with Crippen molar-refractivity contribution < 1.29 is 4.79 Å². The van der Waals surface area contributed by atoms with Gasteiger partial charge in [0.1, 0.15) is 17.6 Å². The van der Waals surface area contributed by atoms with E-state index in [1.54, 1.807) is 12.1 Å². The molecule has 0 atom stereocenters. The molecular weight excluding hydrogens is 340 g/mol. The number of rotatable bonds is 4. The lowest BCUT2D eigenvalue weighted by molar-refractivity contribution is 0.102. The maximum absolute atomic E-state index is 12.3. The Morgan fingerprint density at radius 1 is 1.22 bits per heavy atom. The van der Waals surface area contributed by atoms with Gasteiger partial charge >= 0.3 is 0 Å². The summed E-state index contributed by atoms with van der Waals surface area (Å²) in [4.78, 5) is 26.8. The van der Waals surface area contributed by atoms with E-state index in [9.17, 15) is 4.79 Å². The number of aromatic amines is 1. The van der Waals surface area contributed by atoms with Crippen molar-refractivity contribution in [2.75, 3.05) is 18.4 Å². The number of nitriles is 1. The number of H-pyrrole nitrogens is 1. The summed E-state index contributed by atoms with van der Waals surface area (Å²) in [5.74, 6) is 0.635. The largest absolute Gasteiger partial charge is 0.341 e. The fraction of sp³-hybridized carbons (Fsp3) is 0.300. The first-order chi connectivity index (χ1) is 13.2. The van der Waals surface area contributed by atoms with E-state index in [0.717, 1.165) is 36.5 Å². The molecule has 2 aromatic heterocycles. The average molecular weight is 360 g/mol. The van der Waals surface area contributed by atoms with Crippen molar-refractivity contribution in [3.05, 3.63) is 53.6 Å². The number of nitrogens with one attached hydrogen (secondary N) is 2. The van der Waals surface area contributed by atoms with Crippen LogP contribution in [0.25, 0.3) is 11.0 Å². The van der Waals surface area contributed by atoms with Crippen molar-refractivity contribution in [3.8, 4) is 6.07 Å².